The van der Waals surface area contributed by atoms with E-state index in [1.165, 1.54) is 11.8 Å². The van der Waals surface area contributed by atoms with Gasteiger partial charge in [0.1, 0.15) is 12.1 Å². The first kappa shape index (κ1) is 20.3. The Kier molecular flexibility index (Phi) is 5.61. The molecule has 1 N–H and O–H groups in total. The maximum absolute atomic E-state index is 12.5. The molecule has 0 spiro atoms. The molecule has 0 radical (unpaired) electrons. The van der Waals surface area contributed by atoms with Gasteiger partial charge in [-0.05, 0) is 36.4 Å². The Labute approximate surface area is 191 Å². The number of aromatic nitrogens is 5. The van der Waals surface area contributed by atoms with Crippen molar-refractivity contribution in [1.29, 1.82) is 0 Å². The van der Waals surface area contributed by atoms with Crippen molar-refractivity contribution in [1.82, 2.24) is 24.1 Å². The molecule has 0 aliphatic rings. The summed E-state index contributed by atoms with van der Waals surface area (Å²) in [6, 6.07) is 15.2. The summed E-state index contributed by atoms with van der Waals surface area (Å²) in [7, 11) is 1.63. The number of benzene rings is 2. The largest absolute Gasteiger partial charge is 0.497 e. The highest BCUT2D eigenvalue weighted by molar-refractivity contribution is 7.99. The van der Waals surface area contributed by atoms with Gasteiger partial charge < -0.3 is 10.1 Å². The fourth-order valence-corrected chi connectivity index (χ4v) is 4.59. The molecular formula is C22H18N6O2S2. The molecule has 8 nitrogen and oxygen atoms in total. The molecule has 10 heteroatoms. The van der Waals surface area contributed by atoms with E-state index in [9.17, 15) is 4.79 Å². The van der Waals surface area contributed by atoms with E-state index in [4.69, 9.17) is 4.74 Å². The van der Waals surface area contributed by atoms with Gasteiger partial charge in [0.2, 0.25) is 5.91 Å². The van der Waals surface area contributed by atoms with Crippen molar-refractivity contribution in [2.24, 2.45) is 0 Å². The molecule has 0 aliphatic carbocycles. The summed E-state index contributed by atoms with van der Waals surface area (Å²) in [5, 5.41) is 13.7. The van der Waals surface area contributed by atoms with Gasteiger partial charge in [0.05, 0.1) is 18.6 Å². The number of rotatable bonds is 7. The number of amides is 1. The number of hydrogen-bond acceptors (Lipinski definition) is 7. The highest BCUT2D eigenvalue weighted by atomic mass is 32.2. The topological polar surface area (TPSA) is 86.3 Å². The average molecular weight is 463 g/mol. The Morgan fingerprint density at radius 2 is 1.97 bits per heavy atom. The van der Waals surface area contributed by atoms with Crippen LogP contribution in [0.1, 0.15) is 0 Å². The van der Waals surface area contributed by atoms with Gasteiger partial charge in [-0.15, -0.1) is 21.5 Å². The third-order valence-corrected chi connectivity index (χ3v) is 6.47. The standard InChI is InChI=1S/C22H18N6O2S2/c1-30-18-8-6-17(7-9-18)28-14-23-26-22(28)32-13-20(29)24-16-4-2-15(3-5-16)19-12-27-10-11-31-21(27)25-19/h2-12,14H,13H2,1H3,(H,24,29). The molecule has 3 heterocycles. The van der Waals surface area contributed by atoms with E-state index in [1.54, 1.807) is 24.8 Å². The number of carbonyl (C=O) groups is 1. The Hall–Kier alpha value is -3.63. The van der Waals surface area contributed by atoms with E-state index in [2.05, 4.69) is 20.5 Å². The molecule has 2 aromatic carbocycles. The molecule has 32 heavy (non-hydrogen) atoms. The molecule has 0 atom stereocenters. The molecule has 1 amide bonds. The van der Waals surface area contributed by atoms with Crippen LogP contribution in [0.3, 0.4) is 0 Å². The van der Waals surface area contributed by atoms with E-state index in [-0.39, 0.29) is 11.7 Å². The van der Waals surface area contributed by atoms with Crippen LogP contribution in [-0.4, -0.2) is 42.9 Å². The maximum Gasteiger partial charge on any atom is 0.234 e. The molecule has 5 aromatic rings. The number of methoxy groups -OCH3 is 1. The summed E-state index contributed by atoms with van der Waals surface area (Å²) in [6.45, 7) is 0. The monoisotopic (exact) mass is 462 g/mol. The fraction of sp³-hybridized carbons (Fsp3) is 0.0909. The third-order valence-electron chi connectivity index (χ3n) is 4.76. The Balaban J connectivity index is 1.20. The molecular weight excluding hydrogens is 444 g/mol. The fourth-order valence-electron chi connectivity index (χ4n) is 3.16. The summed E-state index contributed by atoms with van der Waals surface area (Å²) in [6.07, 6.45) is 5.61. The highest BCUT2D eigenvalue weighted by Crippen LogP contribution is 2.24. The second-order valence-corrected chi connectivity index (χ2v) is 8.63. The van der Waals surface area contributed by atoms with E-state index in [0.717, 1.165) is 33.3 Å². The predicted octanol–water partition coefficient (Wildman–Crippen LogP) is 4.38. The van der Waals surface area contributed by atoms with Gasteiger partial charge in [-0.1, -0.05) is 23.9 Å². The normalized spacial score (nSPS) is 11.0. The molecule has 160 valence electrons. The van der Waals surface area contributed by atoms with Crippen molar-refractivity contribution in [3.63, 3.8) is 0 Å². The van der Waals surface area contributed by atoms with Crippen LogP contribution < -0.4 is 10.1 Å². The molecule has 0 aliphatic heterocycles. The van der Waals surface area contributed by atoms with Crippen LogP contribution >= 0.6 is 23.1 Å². The number of carbonyl (C=O) groups excluding carboxylic acids is 1. The molecule has 0 fully saturated rings. The van der Waals surface area contributed by atoms with E-state index >= 15 is 0 Å². The summed E-state index contributed by atoms with van der Waals surface area (Å²) < 4.78 is 9.02. The first-order valence-electron chi connectivity index (χ1n) is 9.69. The van der Waals surface area contributed by atoms with E-state index in [0.29, 0.717) is 5.16 Å². The lowest BCUT2D eigenvalue weighted by Gasteiger charge is -2.08. The summed E-state index contributed by atoms with van der Waals surface area (Å²) in [5.41, 5.74) is 3.54. The van der Waals surface area contributed by atoms with Crippen LogP contribution in [0.15, 0.2) is 77.8 Å². The predicted molar refractivity (Wildman–Crippen MR) is 126 cm³/mol. The van der Waals surface area contributed by atoms with Crippen molar-refractivity contribution < 1.29 is 9.53 Å². The quantitative estimate of drug-likeness (QED) is 0.361. The first-order valence-corrected chi connectivity index (χ1v) is 11.6. The summed E-state index contributed by atoms with van der Waals surface area (Å²) in [5.74, 6) is 0.872. The zero-order valence-corrected chi connectivity index (χ0v) is 18.6. The van der Waals surface area contributed by atoms with Gasteiger partial charge in [-0.25, -0.2) is 4.98 Å². The zero-order chi connectivity index (χ0) is 21.9. The Bertz CT molecular complexity index is 1330. The number of nitrogens with one attached hydrogen (secondary N) is 1. The number of ether oxygens (including phenoxy) is 1. The number of hydrogen-bond donors (Lipinski definition) is 1. The van der Waals surface area contributed by atoms with Crippen molar-refractivity contribution in [2.45, 2.75) is 5.16 Å². The van der Waals surface area contributed by atoms with E-state index < -0.39 is 0 Å². The van der Waals surface area contributed by atoms with Gasteiger partial charge >= 0.3 is 0 Å². The minimum atomic E-state index is -0.116. The minimum absolute atomic E-state index is 0.116. The number of nitrogens with zero attached hydrogens (tertiary/aromatic N) is 5. The van der Waals surface area contributed by atoms with Gasteiger partial charge in [0.15, 0.2) is 10.1 Å². The SMILES string of the molecule is COc1ccc(-n2cnnc2SCC(=O)Nc2ccc(-c3cn4ccsc4n3)cc2)cc1. The Morgan fingerprint density at radius 3 is 2.72 bits per heavy atom. The van der Waals surface area contributed by atoms with Crippen molar-refractivity contribution in [3.05, 3.63) is 72.6 Å². The lowest BCUT2D eigenvalue weighted by molar-refractivity contribution is -0.113. The maximum atomic E-state index is 12.5. The molecule has 0 unspecified atom stereocenters. The second kappa shape index (κ2) is 8.85. The lowest BCUT2D eigenvalue weighted by Crippen LogP contribution is -2.14. The summed E-state index contributed by atoms with van der Waals surface area (Å²) >= 11 is 2.92. The van der Waals surface area contributed by atoms with Crippen molar-refractivity contribution in [3.8, 4) is 22.7 Å². The van der Waals surface area contributed by atoms with Gasteiger partial charge in [-0.2, -0.15) is 0 Å². The molecule has 0 saturated carbocycles. The van der Waals surface area contributed by atoms with E-state index in [1.807, 2.05) is 75.3 Å². The minimum Gasteiger partial charge on any atom is -0.497 e. The molecule has 5 rings (SSSR count). The zero-order valence-electron chi connectivity index (χ0n) is 17.0. The Morgan fingerprint density at radius 1 is 1.16 bits per heavy atom. The first-order chi connectivity index (χ1) is 15.7. The van der Waals surface area contributed by atoms with Crippen LogP contribution in [0.2, 0.25) is 0 Å². The number of fused-ring (bicyclic) bond motifs is 1. The summed E-state index contributed by atoms with van der Waals surface area (Å²) in [4.78, 5) is 18.0. The third kappa shape index (κ3) is 4.23. The van der Waals surface area contributed by atoms with Gasteiger partial charge in [0.25, 0.3) is 0 Å². The van der Waals surface area contributed by atoms with Gasteiger partial charge in [-0.3, -0.25) is 13.8 Å². The second-order valence-electron chi connectivity index (χ2n) is 6.81. The molecule has 0 bridgehead atoms. The average Bonchev–Trinajstić information content (AvgIpc) is 3.55. The smallest absolute Gasteiger partial charge is 0.234 e. The molecule has 0 saturated heterocycles. The van der Waals surface area contributed by atoms with Crippen LogP contribution in [-0.2, 0) is 4.79 Å². The van der Waals surface area contributed by atoms with Gasteiger partial charge in [0, 0.05) is 34.7 Å². The lowest BCUT2D eigenvalue weighted by atomic mass is 10.1. The number of thiazole rings is 1. The van der Waals surface area contributed by atoms with Crippen LogP contribution in [0, 0.1) is 0 Å². The van der Waals surface area contributed by atoms with Crippen LogP contribution in [0.25, 0.3) is 21.9 Å². The number of imidazole rings is 1. The van der Waals surface area contributed by atoms with Crippen LogP contribution in [0.4, 0.5) is 5.69 Å². The highest BCUT2D eigenvalue weighted by Gasteiger charge is 2.11. The van der Waals surface area contributed by atoms with Crippen LogP contribution in [0.5, 0.6) is 5.75 Å². The number of thioether (sulfide) groups is 1. The van der Waals surface area contributed by atoms with Crippen molar-refractivity contribution >= 4 is 39.7 Å². The molecule has 3 aromatic heterocycles. The number of anilines is 1. The van der Waals surface area contributed by atoms with Crippen molar-refractivity contribution in [2.75, 3.05) is 18.2 Å².